The topological polar surface area (TPSA) is 32.3 Å². The van der Waals surface area contributed by atoms with Gasteiger partial charge in [-0.3, -0.25) is 4.79 Å². The summed E-state index contributed by atoms with van der Waals surface area (Å²) in [6.07, 6.45) is 0. The SMILES string of the molecule is CC(=S)N1CC(=O)C(NC(C)C)C1. The van der Waals surface area contributed by atoms with Crippen molar-refractivity contribution >= 4 is 23.0 Å². The zero-order valence-electron chi connectivity index (χ0n) is 8.33. The predicted molar refractivity (Wildman–Crippen MR) is 56.9 cm³/mol. The Kier molecular flexibility index (Phi) is 3.39. The standard InChI is InChI=1S/C9H16N2OS/c1-6(2)10-8-4-11(7(3)13)5-9(8)12/h6,8,10H,4-5H2,1-3H3. The van der Waals surface area contributed by atoms with E-state index in [1.165, 1.54) is 0 Å². The van der Waals surface area contributed by atoms with Crippen LogP contribution in [-0.2, 0) is 4.79 Å². The summed E-state index contributed by atoms with van der Waals surface area (Å²) >= 11 is 5.02. The highest BCUT2D eigenvalue weighted by Crippen LogP contribution is 2.07. The molecule has 1 unspecified atom stereocenters. The minimum absolute atomic E-state index is 0.0297. The predicted octanol–water partition coefficient (Wildman–Crippen LogP) is 0.585. The van der Waals surface area contributed by atoms with E-state index in [1.807, 2.05) is 25.7 Å². The zero-order valence-corrected chi connectivity index (χ0v) is 9.15. The van der Waals surface area contributed by atoms with Gasteiger partial charge in [0.25, 0.3) is 0 Å². The maximum atomic E-state index is 11.5. The van der Waals surface area contributed by atoms with E-state index in [9.17, 15) is 4.79 Å². The van der Waals surface area contributed by atoms with Crippen LogP contribution in [0.1, 0.15) is 20.8 Å². The van der Waals surface area contributed by atoms with Crippen LogP contribution in [0.15, 0.2) is 0 Å². The quantitative estimate of drug-likeness (QED) is 0.661. The van der Waals surface area contributed by atoms with E-state index in [-0.39, 0.29) is 11.8 Å². The van der Waals surface area contributed by atoms with Crippen molar-refractivity contribution in [2.24, 2.45) is 0 Å². The van der Waals surface area contributed by atoms with Gasteiger partial charge >= 0.3 is 0 Å². The Bertz CT molecular complexity index is 228. The molecule has 1 aliphatic heterocycles. The van der Waals surface area contributed by atoms with Gasteiger partial charge in [-0.1, -0.05) is 26.1 Å². The van der Waals surface area contributed by atoms with Crippen molar-refractivity contribution in [2.45, 2.75) is 32.9 Å². The van der Waals surface area contributed by atoms with E-state index >= 15 is 0 Å². The van der Waals surface area contributed by atoms with Crippen LogP contribution in [0.5, 0.6) is 0 Å². The number of carbonyl (C=O) groups is 1. The third-order valence-electron chi connectivity index (χ3n) is 2.12. The molecule has 0 amide bonds. The van der Waals surface area contributed by atoms with Gasteiger partial charge in [0.2, 0.25) is 0 Å². The number of nitrogens with one attached hydrogen (secondary N) is 1. The number of nitrogens with zero attached hydrogens (tertiary/aromatic N) is 1. The normalized spacial score (nSPS) is 22.9. The molecule has 1 atom stereocenters. The molecular formula is C9H16N2OS. The van der Waals surface area contributed by atoms with Crippen molar-refractivity contribution in [2.75, 3.05) is 13.1 Å². The first-order valence-corrected chi connectivity index (χ1v) is 4.96. The van der Waals surface area contributed by atoms with Crippen molar-refractivity contribution in [3.8, 4) is 0 Å². The van der Waals surface area contributed by atoms with Crippen molar-refractivity contribution in [1.82, 2.24) is 10.2 Å². The number of hydrogen-bond donors (Lipinski definition) is 1. The molecule has 4 heteroatoms. The molecule has 1 N–H and O–H groups in total. The highest BCUT2D eigenvalue weighted by molar-refractivity contribution is 7.80. The van der Waals surface area contributed by atoms with Crippen molar-refractivity contribution in [3.05, 3.63) is 0 Å². The Morgan fingerprint density at radius 3 is 2.69 bits per heavy atom. The second-order valence-electron chi connectivity index (χ2n) is 3.74. The summed E-state index contributed by atoms with van der Waals surface area (Å²) in [6.45, 7) is 7.15. The zero-order chi connectivity index (χ0) is 10.0. The second kappa shape index (κ2) is 4.15. The number of thiocarbonyl (C=S) groups is 1. The summed E-state index contributed by atoms with van der Waals surface area (Å²) in [5.74, 6) is 0.248. The average Bonchev–Trinajstić information content (AvgIpc) is 2.31. The van der Waals surface area contributed by atoms with Gasteiger partial charge in [-0.05, 0) is 6.92 Å². The minimum atomic E-state index is -0.0297. The number of rotatable bonds is 2. The molecule has 0 aliphatic carbocycles. The molecule has 0 saturated carbocycles. The molecule has 0 radical (unpaired) electrons. The minimum Gasteiger partial charge on any atom is -0.357 e. The fraction of sp³-hybridized carbons (Fsp3) is 0.778. The summed E-state index contributed by atoms with van der Waals surface area (Å²) < 4.78 is 0. The molecule has 0 spiro atoms. The smallest absolute Gasteiger partial charge is 0.170 e. The Labute approximate surface area is 84.5 Å². The fourth-order valence-electron chi connectivity index (χ4n) is 1.47. The molecule has 1 heterocycles. The average molecular weight is 200 g/mol. The van der Waals surface area contributed by atoms with Crippen LogP contribution in [0.3, 0.4) is 0 Å². The highest BCUT2D eigenvalue weighted by Gasteiger charge is 2.30. The van der Waals surface area contributed by atoms with Gasteiger partial charge in [0.05, 0.1) is 17.6 Å². The van der Waals surface area contributed by atoms with Gasteiger partial charge in [-0.2, -0.15) is 0 Å². The fourth-order valence-corrected chi connectivity index (χ4v) is 1.61. The molecular weight excluding hydrogens is 184 g/mol. The van der Waals surface area contributed by atoms with Crippen LogP contribution in [0.4, 0.5) is 0 Å². The lowest BCUT2D eigenvalue weighted by Gasteiger charge is -2.17. The number of hydrogen-bond acceptors (Lipinski definition) is 3. The Hall–Kier alpha value is -0.480. The molecule has 3 nitrogen and oxygen atoms in total. The highest BCUT2D eigenvalue weighted by atomic mass is 32.1. The van der Waals surface area contributed by atoms with E-state index < -0.39 is 0 Å². The van der Waals surface area contributed by atoms with Gasteiger partial charge in [-0.25, -0.2) is 0 Å². The molecule has 1 rings (SSSR count). The summed E-state index contributed by atoms with van der Waals surface area (Å²) in [4.78, 5) is 14.2. The van der Waals surface area contributed by atoms with Gasteiger partial charge in [0, 0.05) is 12.6 Å². The third kappa shape index (κ3) is 2.74. The van der Waals surface area contributed by atoms with Gasteiger partial charge < -0.3 is 10.2 Å². The van der Waals surface area contributed by atoms with Crippen LogP contribution in [-0.4, -0.2) is 40.8 Å². The number of likely N-dealkylation sites (tertiary alicyclic amines) is 1. The summed E-state index contributed by atoms with van der Waals surface area (Å²) in [5, 5.41) is 3.23. The largest absolute Gasteiger partial charge is 0.357 e. The molecule has 0 aromatic carbocycles. The first-order chi connectivity index (χ1) is 6.00. The molecule has 0 bridgehead atoms. The Morgan fingerprint density at radius 2 is 2.31 bits per heavy atom. The van der Waals surface area contributed by atoms with Crippen LogP contribution < -0.4 is 5.32 Å². The summed E-state index contributed by atoms with van der Waals surface area (Å²) in [6, 6.07) is 0.317. The van der Waals surface area contributed by atoms with E-state index in [0.29, 0.717) is 12.6 Å². The molecule has 1 fully saturated rings. The van der Waals surface area contributed by atoms with Gasteiger partial charge in [0.1, 0.15) is 0 Å². The maximum Gasteiger partial charge on any atom is 0.170 e. The van der Waals surface area contributed by atoms with Crippen LogP contribution in [0, 0.1) is 0 Å². The summed E-state index contributed by atoms with van der Waals surface area (Å²) in [5.41, 5.74) is 0. The van der Waals surface area contributed by atoms with Gasteiger partial charge in [-0.15, -0.1) is 0 Å². The van der Waals surface area contributed by atoms with Crippen LogP contribution in [0.2, 0.25) is 0 Å². The Balaban J connectivity index is 2.51. The lowest BCUT2D eigenvalue weighted by molar-refractivity contribution is -0.118. The first kappa shape index (κ1) is 10.6. The van der Waals surface area contributed by atoms with Crippen molar-refractivity contribution < 1.29 is 4.79 Å². The Morgan fingerprint density at radius 1 is 1.69 bits per heavy atom. The van der Waals surface area contributed by atoms with E-state index in [4.69, 9.17) is 12.2 Å². The molecule has 0 aromatic rings. The van der Waals surface area contributed by atoms with Crippen LogP contribution in [0.25, 0.3) is 0 Å². The van der Waals surface area contributed by atoms with E-state index in [2.05, 4.69) is 5.32 Å². The third-order valence-corrected chi connectivity index (χ3v) is 2.38. The molecule has 74 valence electrons. The first-order valence-electron chi connectivity index (χ1n) is 4.55. The number of carbonyl (C=O) groups excluding carboxylic acids is 1. The lowest BCUT2D eigenvalue weighted by Crippen LogP contribution is -2.41. The van der Waals surface area contributed by atoms with Crippen molar-refractivity contribution in [1.29, 1.82) is 0 Å². The number of ketones is 1. The molecule has 13 heavy (non-hydrogen) atoms. The van der Waals surface area contributed by atoms with E-state index in [0.717, 1.165) is 11.5 Å². The van der Waals surface area contributed by atoms with Crippen LogP contribution >= 0.6 is 12.2 Å². The van der Waals surface area contributed by atoms with E-state index in [1.54, 1.807) is 0 Å². The molecule has 0 aromatic heterocycles. The number of Topliss-reactive ketones (excluding diaryl/α,β-unsaturated/α-hetero) is 1. The second-order valence-corrected chi connectivity index (χ2v) is 4.33. The maximum absolute atomic E-state index is 11.5. The molecule has 1 aliphatic rings. The summed E-state index contributed by atoms with van der Waals surface area (Å²) in [7, 11) is 0. The molecule has 1 saturated heterocycles. The lowest BCUT2D eigenvalue weighted by atomic mass is 10.2. The monoisotopic (exact) mass is 200 g/mol. The van der Waals surface area contributed by atoms with Crippen molar-refractivity contribution in [3.63, 3.8) is 0 Å². The van der Waals surface area contributed by atoms with Gasteiger partial charge in [0.15, 0.2) is 5.78 Å².